The Hall–Kier alpha value is -5.26. The van der Waals surface area contributed by atoms with Gasteiger partial charge in [-0.2, -0.15) is 0 Å². The van der Waals surface area contributed by atoms with Gasteiger partial charge in [0.1, 0.15) is 47.1 Å². The van der Waals surface area contributed by atoms with Crippen LogP contribution in [0.1, 0.15) is 118 Å². The van der Waals surface area contributed by atoms with E-state index >= 15 is 0 Å². The molecule has 350 valence electrons. The molecule has 2 aliphatic rings. The van der Waals surface area contributed by atoms with Crippen LogP contribution in [0.4, 0.5) is 9.59 Å². The topological polar surface area (TPSA) is 130 Å². The van der Waals surface area contributed by atoms with Gasteiger partial charge in [-0.1, -0.05) is 54.6 Å². The Labute approximate surface area is 381 Å². The second kappa shape index (κ2) is 20.7. The van der Waals surface area contributed by atoms with Gasteiger partial charge in [-0.25, -0.2) is 9.59 Å². The fourth-order valence-corrected chi connectivity index (χ4v) is 8.04. The van der Waals surface area contributed by atoms with E-state index in [9.17, 15) is 19.2 Å². The van der Waals surface area contributed by atoms with Crippen molar-refractivity contribution in [2.75, 3.05) is 26.2 Å². The Morgan fingerprint density at radius 1 is 0.500 bits per heavy atom. The van der Waals surface area contributed by atoms with Crippen LogP contribution in [0.3, 0.4) is 0 Å². The number of esters is 2. The van der Waals surface area contributed by atoms with Crippen molar-refractivity contribution in [1.82, 2.24) is 9.80 Å². The molecule has 12 nitrogen and oxygen atoms in total. The summed E-state index contributed by atoms with van der Waals surface area (Å²) in [5.74, 6) is -0.260. The first-order chi connectivity index (χ1) is 29.8. The molecular formula is C52H72N2O10. The molecule has 0 N–H and O–H groups in total. The van der Waals surface area contributed by atoms with E-state index in [4.69, 9.17) is 28.4 Å². The summed E-state index contributed by atoms with van der Waals surface area (Å²) in [6, 6.07) is 23.6. The van der Waals surface area contributed by atoms with E-state index in [1.54, 1.807) is 9.80 Å². The molecule has 2 amide bonds. The van der Waals surface area contributed by atoms with Crippen molar-refractivity contribution in [2.45, 2.75) is 144 Å². The first-order valence-electron chi connectivity index (χ1n) is 22.7. The number of rotatable bonds is 14. The standard InChI is InChI=1S/C52H72N2O10/c1-49(2,3)61-45(55)43(39-22-24-53(31-39)47(57)63-51(7,8)9)28-35-16-13-18-37(26-35)33-59-41-20-15-21-42(30-41)60-34-38-19-14-17-36(27-38)29-44(46(56)62-50(4,5)6)40-23-25-54(32-40)48(58)64-52(10,11)12/h13-21,26-27,30,39-40,43-44H,22-25,28-29,31-34H2,1-12H3/t39-,40-,43-,44-/m0/s1. The normalized spacial score (nSPS) is 17.9. The molecule has 12 heteroatoms. The van der Waals surface area contributed by atoms with Crippen LogP contribution in [-0.2, 0) is 54.6 Å². The fraction of sp³-hybridized carbons (Fsp3) is 0.577. The highest BCUT2D eigenvalue weighted by Crippen LogP contribution is 2.33. The molecule has 3 aromatic carbocycles. The zero-order valence-electron chi connectivity index (χ0n) is 40.3. The van der Waals surface area contributed by atoms with Crippen LogP contribution in [-0.4, -0.2) is 82.5 Å². The fourth-order valence-electron chi connectivity index (χ4n) is 8.04. The number of amides is 2. The predicted molar refractivity (Wildman–Crippen MR) is 246 cm³/mol. The summed E-state index contributed by atoms with van der Waals surface area (Å²) >= 11 is 0. The first kappa shape index (κ1) is 49.8. The predicted octanol–water partition coefficient (Wildman–Crippen LogP) is 10.4. The highest BCUT2D eigenvalue weighted by molar-refractivity contribution is 5.75. The van der Waals surface area contributed by atoms with Gasteiger partial charge in [0, 0.05) is 32.2 Å². The highest BCUT2D eigenvalue weighted by atomic mass is 16.6. The monoisotopic (exact) mass is 885 g/mol. The Morgan fingerprint density at radius 2 is 0.844 bits per heavy atom. The summed E-state index contributed by atoms with van der Waals surface area (Å²) in [5.41, 5.74) is 1.37. The largest absolute Gasteiger partial charge is 0.489 e. The number of hydrogen-bond donors (Lipinski definition) is 0. The maximum absolute atomic E-state index is 13.6. The van der Waals surface area contributed by atoms with Crippen molar-refractivity contribution >= 4 is 24.1 Å². The average molecular weight is 885 g/mol. The molecule has 2 heterocycles. The van der Waals surface area contributed by atoms with Crippen molar-refractivity contribution in [1.29, 1.82) is 0 Å². The third kappa shape index (κ3) is 16.1. The van der Waals surface area contributed by atoms with Crippen LogP contribution in [0, 0.1) is 23.7 Å². The van der Waals surface area contributed by atoms with E-state index in [1.165, 1.54) is 0 Å². The summed E-state index contributed by atoms with van der Waals surface area (Å²) in [5, 5.41) is 0. The molecule has 0 radical (unpaired) electrons. The minimum Gasteiger partial charge on any atom is -0.489 e. The SMILES string of the molecule is CC(C)(C)OC(=O)[C@@H](Cc1cccc(COc2cccc(OCc3cccc(C[C@H](C(=O)OC(C)(C)C)[C@H]4CCN(C(=O)OC(C)(C)C)C4)c3)c2)c1)[C@H]1CCN(C(=O)OC(C)(C)C)C1. The van der Waals surface area contributed by atoms with Gasteiger partial charge in [-0.3, -0.25) is 9.59 Å². The molecule has 2 saturated heterocycles. The van der Waals surface area contributed by atoms with Gasteiger partial charge in [-0.15, -0.1) is 0 Å². The molecule has 0 bridgehead atoms. The van der Waals surface area contributed by atoms with Gasteiger partial charge < -0.3 is 38.2 Å². The lowest BCUT2D eigenvalue weighted by Crippen LogP contribution is -2.38. The van der Waals surface area contributed by atoms with E-state index in [2.05, 4.69) is 12.1 Å². The summed E-state index contributed by atoms with van der Waals surface area (Å²) in [4.78, 5) is 56.4. The van der Waals surface area contributed by atoms with Gasteiger partial charge in [0.05, 0.1) is 11.8 Å². The van der Waals surface area contributed by atoms with Crippen LogP contribution in [0.25, 0.3) is 0 Å². The Balaban J connectivity index is 1.20. The van der Waals surface area contributed by atoms with Crippen LogP contribution >= 0.6 is 0 Å². The Morgan fingerprint density at radius 3 is 1.20 bits per heavy atom. The number of ether oxygens (including phenoxy) is 6. The zero-order valence-corrected chi connectivity index (χ0v) is 40.3. The summed E-state index contributed by atoms with van der Waals surface area (Å²) in [7, 11) is 0. The minimum absolute atomic E-state index is 0.0719. The maximum atomic E-state index is 13.6. The van der Waals surface area contributed by atoms with Crippen molar-refractivity contribution in [3.63, 3.8) is 0 Å². The average Bonchev–Trinajstić information content (AvgIpc) is 3.87. The van der Waals surface area contributed by atoms with Crippen molar-refractivity contribution < 1.29 is 47.6 Å². The smallest absolute Gasteiger partial charge is 0.410 e. The lowest BCUT2D eigenvalue weighted by molar-refractivity contribution is -0.163. The molecule has 0 spiro atoms. The van der Waals surface area contributed by atoms with Gasteiger partial charge in [0.2, 0.25) is 0 Å². The molecule has 0 saturated carbocycles. The molecule has 0 aliphatic carbocycles. The van der Waals surface area contributed by atoms with Crippen LogP contribution < -0.4 is 9.47 Å². The van der Waals surface area contributed by atoms with E-state index in [1.807, 2.05) is 144 Å². The molecule has 0 unspecified atom stereocenters. The van der Waals surface area contributed by atoms with Gasteiger partial charge in [0.15, 0.2) is 0 Å². The number of carbonyl (C=O) groups excluding carboxylic acids is 4. The number of carbonyl (C=O) groups is 4. The quantitative estimate of drug-likeness (QED) is 0.114. The van der Waals surface area contributed by atoms with Crippen LogP contribution in [0.15, 0.2) is 72.8 Å². The number of likely N-dealkylation sites (tertiary alicyclic amines) is 2. The number of benzene rings is 3. The van der Waals surface area contributed by atoms with Crippen molar-refractivity contribution in [2.24, 2.45) is 23.7 Å². The second-order valence-electron chi connectivity index (χ2n) is 21.3. The van der Waals surface area contributed by atoms with E-state index < -0.39 is 34.2 Å². The second-order valence-corrected chi connectivity index (χ2v) is 21.3. The third-order valence-corrected chi connectivity index (χ3v) is 10.8. The van der Waals surface area contributed by atoms with E-state index in [0.29, 0.717) is 76.6 Å². The summed E-state index contributed by atoms with van der Waals surface area (Å²) < 4.78 is 35.5. The molecule has 2 fully saturated rings. The van der Waals surface area contributed by atoms with Crippen molar-refractivity contribution in [3.8, 4) is 11.5 Å². The van der Waals surface area contributed by atoms with E-state index in [-0.39, 0.29) is 36.0 Å². The molecule has 2 aliphatic heterocycles. The van der Waals surface area contributed by atoms with Crippen LogP contribution in [0.5, 0.6) is 11.5 Å². The number of hydrogen-bond acceptors (Lipinski definition) is 10. The summed E-state index contributed by atoms with van der Waals surface area (Å²) in [6.45, 7) is 24.8. The number of nitrogens with zero attached hydrogens (tertiary/aromatic N) is 2. The molecular weight excluding hydrogens is 813 g/mol. The van der Waals surface area contributed by atoms with Gasteiger partial charge >= 0.3 is 24.1 Å². The lowest BCUT2D eigenvalue weighted by Gasteiger charge is -2.28. The molecule has 3 aromatic rings. The van der Waals surface area contributed by atoms with Gasteiger partial charge in [0.25, 0.3) is 0 Å². The summed E-state index contributed by atoms with van der Waals surface area (Å²) in [6.07, 6.45) is 1.57. The van der Waals surface area contributed by atoms with E-state index in [0.717, 1.165) is 22.3 Å². The Bertz CT molecular complexity index is 1930. The zero-order chi connectivity index (χ0) is 47.0. The first-order valence-corrected chi connectivity index (χ1v) is 22.7. The Kier molecular flexibility index (Phi) is 16.1. The van der Waals surface area contributed by atoms with Crippen molar-refractivity contribution in [3.05, 3.63) is 95.1 Å². The molecule has 5 rings (SSSR count). The third-order valence-electron chi connectivity index (χ3n) is 10.8. The van der Waals surface area contributed by atoms with Gasteiger partial charge in [-0.05, 0) is 155 Å². The minimum atomic E-state index is -0.644. The highest BCUT2D eigenvalue weighted by Gasteiger charge is 2.40. The molecule has 4 atom stereocenters. The van der Waals surface area contributed by atoms with Crippen LogP contribution in [0.2, 0.25) is 0 Å². The molecule has 0 aromatic heterocycles. The lowest BCUT2D eigenvalue weighted by atomic mass is 9.85. The molecule has 64 heavy (non-hydrogen) atoms. The maximum Gasteiger partial charge on any atom is 0.410 e.